The number of carbonyl (C=O) groups excluding carboxylic acids is 6. The molecule has 4 N–H and O–H groups in total. The second-order valence-corrected chi connectivity index (χ2v) is 21.4. The maximum Gasteiger partial charge on any atom is 0.264 e. The molecule has 85 heavy (non-hydrogen) atoms. The van der Waals surface area contributed by atoms with Crippen molar-refractivity contribution in [1.82, 2.24) is 55.2 Å². The third-order valence-corrected chi connectivity index (χ3v) is 15.0. The summed E-state index contributed by atoms with van der Waals surface area (Å²) in [6, 6.07) is 13.7. The number of unbranched alkanes of at least 4 members (excludes halogenated alkanes) is 1. The third-order valence-electron chi connectivity index (χ3n) is 15.0. The minimum atomic E-state index is -1.03. The highest BCUT2D eigenvalue weighted by atomic mass is 16.6. The van der Waals surface area contributed by atoms with Gasteiger partial charge in [0.05, 0.1) is 107 Å². The standard InChI is InChI=1S/C60H75N13O12/c1-39(2)73-51-34-43(33-46(48(51)37-64-73)56(76)63-36-47-40(3)32-41(4)65-57(47)77)42-12-14-52(62-35-42)69-17-19-70(20-18-69)54(75)11-6-5-8-44-38-71(68-67-44)21-23-82-25-27-84-29-31-85-30-28-83-26-24-81-22-16-61-49-10-7-9-45-55(49)60(80)72(59(45)79)50-13-15-53(74)66-58(50)78/h7,9-10,12,14,32-35,37-39,50,61H,5-6,8,11,13,15-31,36H2,1-4H3,(H,63,76)(H,65,77)(H,66,74,78). The van der Waals surface area contributed by atoms with E-state index in [0.717, 1.165) is 69.0 Å². The van der Waals surface area contributed by atoms with Crippen LogP contribution in [-0.2, 0) is 57.6 Å². The number of hydrogen-bond donors (Lipinski definition) is 4. The summed E-state index contributed by atoms with van der Waals surface area (Å²) in [5, 5.41) is 22.2. The molecule has 7 heterocycles. The van der Waals surface area contributed by atoms with Crippen molar-refractivity contribution in [3.05, 3.63) is 117 Å². The molecule has 0 radical (unpaired) electrons. The van der Waals surface area contributed by atoms with Crippen molar-refractivity contribution in [1.29, 1.82) is 0 Å². The van der Waals surface area contributed by atoms with Crippen LogP contribution >= 0.6 is 0 Å². The molecule has 0 bridgehead atoms. The molecule has 1 atom stereocenters. The monoisotopic (exact) mass is 1170 g/mol. The highest BCUT2D eigenvalue weighted by Gasteiger charge is 2.45. The van der Waals surface area contributed by atoms with Crippen LogP contribution in [0.3, 0.4) is 0 Å². The van der Waals surface area contributed by atoms with Gasteiger partial charge in [-0.3, -0.25) is 48.5 Å². The number of fused-ring (bicyclic) bond motifs is 2. The second kappa shape index (κ2) is 29.5. The van der Waals surface area contributed by atoms with Gasteiger partial charge in [0.2, 0.25) is 17.7 Å². The first kappa shape index (κ1) is 61.3. The Morgan fingerprint density at radius 3 is 2.19 bits per heavy atom. The van der Waals surface area contributed by atoms with E-state index in [1.165, 1.54) is 0 Å². The number of benzene rings is 2. The molecule has 2 aromatic carbocycles. The van der Waals surface area contributed by atoms with E-state index < -0.39 is 29.7 Å². The number of nitrogens with one attached hydrogen (secondary N) is 4. The molecule has 6 aromatic rings. The minimum absolute atomic E-state index is 0.0550. The Morgan fingerprint density at radius 2 is 1.51 bits per heavy atom. The number of nitrogens with zero attached hydrogens (tertiary/aromatic N) is 9. The molecule has 4 aromatic heterocycles. The maximum atomic E-state index is 13.8. The lowest BCUT2D eigenvalue weighted by molar-refractivity contribution is -0.136. The number of piperidine rings is 1. The number of rotatable bonds is 31. The van der Waals surface area contributed by atoms with Crippen LogP contribution in [0, 0.1) is 13.8 Å². The number of hydrogen-bond acceptors (Lipinski definition) is 18. The van der Waals surface area contributed by atoms with Gasteiger partial charge in [0.1, 0.15) is 11.9 Å². The van der Waals surface area contributed by atoms with E-state index >= 15 is 0 Å². The number of anilines is 2. The van der Waals surface area contributed by atoms with Crippen LogP contribution in [-0.4, -0.2) is 185 Å². The molecule has 25 heteroatoms. The number of carbonyl (C=O) groups is 6. The van der Waals surface area contributed by atoms with Crippen LogP contribution in [0.4, 0.5) is 11.5 Å². The highest BCUT2D eigenvalue weighted by Crippen LogP contribution is 2.33. The van der Waals surface area contributed by atoms with E-state index in [4.69, 9.17) is 28.7 Å². The van der Waals surface area contributed by atoms with E-state index in [2.05, 4.69) is 41.2 Å². The van der Waals surface area contributed by atoms with Gasteiger partial charge >= 0.3 is 0 Å². The molecule has 0 spiro atoms. The quantitative estimate of drug-likeness (QED) is 0.0351. The summed E-state index contributed by atoms with van der Waals surface area (Å²) >= 11 is 0. The molecule has 2 fully saturated rings. The second-order valence-electron chi connectivity index (χ2n) is 21.4. The van der Waals surface area contributed by atoms with Crippen molar-refractivity contribution in [2.75, 3.05) is 109 Å². The van der Waals surface area contributed by atoms with Crippen LogP contribution in [0.2, 0.25) is 0 Å². The van der Waals surface area contributed by atoms with Crippen molar-refractivity contribution < 1.29 is 52.5 Å². The van der Waals surface area contributed by atoms with Gasteiger partial charge in [-0.2, -0.15) is 5.10 Å². The Morgan fingerprint density at radius 1 is 0.788 bits per heavy atom. The first-order chi connectivity index (χ1) is 41.2. The molecule has 6 amide bonds. The lowest BCUT2D eigenvalue weighted by Gasteiger charge is -2.35. The fourth-order valence-electron chi connectivity index (χ4n) is 10.6. The molecule has 2 saturated heterocycles. The molecular weight excluding hydrogens is 1090 g/mol. The lowest BCUT2D eigenvalue weighted by Crippen LogP contribution is -2.54. The summed E-state index contributed by atoms with van der Waals surface area (Å²) in [7, 11) is 0. The fourth-order valence-corrected chi connectivity index (χ4v) is 10.6. The van der Waals surface area contributed by atoms with Gasteiger partial charge in [0, 0.05) is 98.4 Å². The predicted molar refractivity (Wildman–Crippen MR) is 313 cm³/mol. The minimum Gasteiger partial charge on any atom is -0.382 e. The largest absolute Gasteiger partial charge is 0.382 e. The van der Waals surface area contributed by atoms with Crippen molar-refractivity contribution >= 4 is 57.9 Å². The van der Waals surface area contributed by atoms with Crippen molar-refractivity contribution in [3.8, 4) is 11.1 Å². The summed E-state index contributed by atoms with van der Waals surface area (Å²) in [5.41, 5.74) is 6.58. The molecule has 1 unspecified atom stereocenters. The number of aromatic amines is 1. The fraction of sp³-hybridized carbons (Fsp3) is 0.483. The number of amides is 6. The van der Waals surface area contributed by atoms with E-state index in [1.807, 2.05) is 80.0 Å². The van der Waals surface area contributed by atoms with Gasteiger partial charge in [-0.05, 0) is 107 Å². The van der Waals surface area contributed by atoms with E-state index in [1.54, 1.807) is 29.1 Å². The average Bonchev–Trinajstić information content (AvgIpc) is 1.89. The van der Waals surface area contributed by atoms with E-state index in [-0.39, 0.29) is 53.9 Å². The number of imide groups is 2. The number of aryl methyl sites for hydroxylation is 3. The number of H-pyrrole nitrogens is 1. The number of pyridine rings is 2. The van der Waals surface area contributed by atoms with Gasteiger partial charge in [0.25, 0.3) is 23.3 Å². The highest BCUT2D eigenvalue weighted by molar-refractivity contribution is 6.25. The Labute approximate surface area is 492 Å². The van der Waals surface area contributed by atoms with Gasteiger partial charge in [-0.1, -0.05) is 11.3 Å². The average molecular weight is 1170 g/mol. The van der Waals surface area contributed by atoms with Crippen LogP contribution in [0.15, 0.2) is 71.9 Å². The zero-order valence-electron chi connectivity index (χ0n) is 48.7. The van der Waals surface area contributed by atoms with Gasteiger partial charge < -0.3 is 49.1 Å². The molecule has 9 rings (SSSR count). The zero-order chi connectivity index (χ0) is 59.8. The first-order valence-electron chi connectivity index (χ1n) is 29.1. The number of piperazine rings is 1. The van der Waals surface area contributed by atoms with Crippen molar-refractivity contribution in [2.24, 2.45) is 0 Å². The van der Waals surface area contributed by atoms with Crippen molar-refractivity contribution in [3.63, 3.8) is 0 Å². The van der Waals surface area contributed by atoms with Gasteiger partial charge in [-0.25, -0.2) is 9.67 Å². The molecule has 452 valence electrons. The first-order valence-corrected chi connectivity index (χ1v) is 29.1. The van der Waals surface area contributed by atoms with Crippen molar-refractivity contribution in [2.45, 2.75) is 91.4 Å². The molecule has 25 nitrogen and oxygen atoms in total. The summed E-state index contributed by atoms with van der Waals surface area (Å²) in [5.74, 6) is -1.54. The zero-order valence-corrected chi connectivity index (χ0v) is 48.7. The van der Waals surface area contributed by atoms with Crippen LogP contribution in [0.25, 0.3) is 22.0 Å². The van der Waals surface area contributed by atoms with E-state index in [9.17, 15) is 33.6 Å². The summed E-state index contributed by atoms with van der Waals surface area (Å²) in [6.45, 7) is 15.3. The van der Waals surface area contributed by atoms with Gasteiger partial charge in [0.15, 0.2) is 0 Å². The normalized spacial score (nSPS) is 15.4. The predicted octanol–water partition coefficient (Wildman–Crippen LogP) is 4.16. The molecule has 0 aliphatic carbocycles. The van der Waals surface area contributed by atoms with Crippen LogP contribution in [0.5, 0.6) is 0 Å². The van der Waals surface area contributed by atoms with E-state index in [0.29, 0.717) is 129 Å². The number of aromatic nitrogens is 7. The Kier molecular flexibility index (Phi) is 21.3. The third kappa shape index (κ3) is 15.8. The smallest absolute Gasteiger partial charge is 0.264 e. The number of ether oxygens (including phenoxy) is 5. The molecule has 0 saturated carbocycles. The van der Waals surface area contributed by atoms with Crippen LogP contribution < -0.4 is 26.4 Å². The Hall–Kier alpha value is -8.23. The Bertz CT molecular complexity index is 3390. The van der Waals surface area contributed by atoms with Crippen LogP contribution in [0.1, 0.15) is 106 Å². The molecule has 3 aliphatic heterocycles. The molecule has 3 aliphatic rings. The Balaban J connectivity index is 0.575. The summed E-state index contributed by atoms with van der Waals surface area (Å²) in [4.78, 5) is 103. The summed E-state index contributed by atoms with van der Waals surface area (Å²) in [6.07, 6.45) is 8.37. The topological polar surface area (TPSA) is 289 Å². The SMILES string of the molecule is Cc1cc(C)c(CNC(=O)c2cc(-c3ccc(N4CCN(C(=O)CCCCc5cn(CCOCCOCCOCCOCCOCCNc6cccc7c6C(=O)N(C6CCC(=O)NC6=O)C7=O)nn5)CC4)nc3)cc3c2cnn3C(C)C)c(=O)[nH]1. The lowest BCUT2D eigenvalue weighted by atomic mass is 10.0. The summed E-state index contributed by atoms with van der Waals surface area (Å²) < 4.78 is 31.8. The van der Waals surface area contributed by atoms with Gasteiger partial charge in [-0.15, -0.1) is 5.10 Å². The maximum absolute atomic E-state index is 13.8. The molecular formula is C60H75N13O12.